The molecule has 2 atom stereocenters. The Hall–Kier alpha value is -2.80. The van der Waals surface area contributed by atoms with E-state index in [0.29, 0.717) is 25.3 Å². The highest BCUT2D eigenvalue weighted by molar-refractivity contribution is 5.94. The van der Waals surface area contributed by atoms with E-state index < -0.39 is 0 Å². The first-order chi connectivity index (χ1) is 12.2. The van der Waals surface area contributed by atoms with Gasteiger partial charge in [-0.1, -0.05) is 18.2 Å². The molecule has 7 heteroatoms. The summed E-state index contributed by atoms with van der Waals surface area (Å²) in [6.07, 6.45) is 3.77. The van der Waals surface area contributed by atoms with Crippen molar-refractivity contribution in [1.82, 2.24) is 20.6 Å². The van der Waals surface area contributed by atoms with Crippen molar-refractivity contribution in [2.75, 3.05) is 19.7 Å². The highest BCUT2D eigenvalue weighted by atomic mass is 16.5. The number of carbonyl (C=O) groups is 2. The van der Waals surface area contributed by atoms with E-state index in [2.05, 4.69) is 20.6 Å². The number of aromatic nitrogens is 2. The first-order valence-corrected chi connectivity index (χ1v) is 8.22. The van der Waals surface area contributed by atoms with Gasteiger partial charge in [-0.15, -0.1) is 0 Å². The van der Waals surface area contributed by atoms with Crippen LogP contribution in [0.3, 0.4) is 0 Å². The molecule has 1 aliphatic heterocycles. The first kappa shape index (κ1) is 17.0. The van der Waals surface area contributed by atoms with Crippen LogP contribution in [0.2, 0.25) is 0 Å². The number of benzene rings is 1. The van der Waals surface area contributed by atoms with E-state index in [4.69, 9.17) is 4.74 Å². The molecule has 1 aromatic heterocycles. The Morgan fingerprint density at radius 1 is 1.00 bits per heavy atom. The van der Waals surface area contributed by atoms with Crippen molar-refractivity contribution in [1.29, 1.82) is 0 Å². The minimum absolute atomic E-state index is 0.0636. The van der Waals surface area contributed by atoms with Crippen LogP contribution >= 0.6 is 0 Å². The average Bonchev–Trinajstić information content (AvgIpc) is 3.13. The lowest BCUT2D eigenvalue weighted by molar-refractivity contribution is 0.0835. The van der Waals surface area contributed by atoms with E-state index in [1.54, 1.807) is 18.2 Å². The van der Waals surface area contributed by atoms with Gasteiger partial charge < -0.3 is 15.4 Å². The molecule has 1 saturated heterocycles. The van der Waals surface area contributed by atoms with Gasteiger partial charge in [-0.2, -0.15) is 0 Å². The Morgan fingerprint density at radius 2 is 1.72 bits per heavy atom. The van der Waals surface area contributed by atoms with Gasteiger partial charge in [-0.25, -0.2) is 9.97 Å². The van der Waals surface area contributed by atoms with Crippen LogP contribution in [0, 0.1) is 5.92 Å². The lowest BCUT2D eigenvalue weighted by atomic mass is 10.1. The first-order valence-electron chi connectivity index (χ1n) is 8.22. The predicted octanol–water partition coefficient (Wildman–Crippen LogP) is 1.04. The number of ether oxygens (including phenoxy) is 1. The zero-order chi connectivity index (χ0) is 17.5. The fourth-order valence-electron chi connectivity index (χ4n) is 2.70. The Kier molecular flexibility index (Phi) is 5.69. The Labute approximate surface area is 145 Å². The molecular formula is C18H20N4O3. The highest BCUT2D eigenvalue weighted by Gasteiger charge is 2.26. The average molecular weight is 340 g/mol. The second-order valence-electron chi connectivity index (χ2n) is 5.92. The van der Waals surface area contributed by atoms with Crippen molar-refractivity contribution in [2.45, 2.75) is 12.5 Å². The molecule has 0 bridgehead atoms. The van der Waals surface area contributed by atoms with Crippen LogP contribution < -0.4 is 10.6 Å². The second-order valence-corrected chi connectivity index (χ2v) is 5.92. The summed E-state index contributed by atoms with van der Waals surface area (Å²) >= 11 is 0. The molecule has 7 nitrogen and oxygen atoms in total. The molecule has 0 aliphatic carbocycles. The van der Waals surface area contributed by atoms with Gasteiger partial charge in [0.15, 0.2) is 0 Å². The van der Waals surface area contributed by atoms with Gasteiger partial charge >= 0.3 is 0 Å². The normalized spacial score (nSPS) is 19.4. The lowest BCUT2D eigenvalue weighted by Gasteiger charge is -2.11. The molecule has 0 unspecified atom stereocenters. The monoisotopic (exact) mass is 340 g/mol. The summed E-state index contributed by atoms with van der Waals surface area (Å²) < 4.78 is 5.68. The smallest absolute Gasteiger partial charge is 0.289 e. The maximum Gasteiger partial charge on any atom is 0.289 e. The second kappa shape index (κ2) is 8.34. The number of hydrogen-bond acceptors (Lipinski definition) is 5. The summed E-state index contributed by atoms with van der Waals surface area (Å²) in [6.45, 7) is 1.53. The zero-order valence-corrected chi connectivity index (χ0v) is 13.7. The van der Waals surface area contributed by atoms with E-state index >= 15 is 0 Å². The molecule has 0 saturated carbocycles. The highest BCUT2D eigenvalue weighted by Crippen LogP contribution is 2.18. The third-order valence-corrected chi connectivity index (χ3v) is 4.01. The van der Waals surface area contributed by atoms with E-state index in [9.17, 15) is 9.59 Å². The summed E-state index contributed by atoms with van der Waals surface area (Å²) in [7, 11) is 0. The molecule has 1 fully saturated rings. The number of amides is 2. The van der Waals surface area contributed by atoms with E-state index in [0.717, 1.165) is 6.42 Å². The Balaban J connectivity index is 1.39. The molecule has 130 valence electrons. The van der Waals surface area contributed by atoms with Crippen molar-refractivity contribution in [3.63, 3.8) is 0 Å². The van der Waals surface area contributed by atoms with E-state index in [1.165, 1.54) is 12.4 Å². The van der Waals surface area contributed by atoms with Gasteiger partial charge in [0, 0.05) is 37.0 Å². The fraction of sp³-hybridized carbons (Fsp3) is 0.333. The molecular weight excluding hydrogens is 320 g/mol. The molecule has 2 amide bonds. The summed E-state index contributed by atoms with van der Waals surface area (Å²) in [4.78, 5) is 31.7. The third kappa shape index (κ3) is 4.84. The molecule has 1 aliphatic rings. The van der Waals surface area contributed by atoms with Crippen LogP contribution in [0.15, 0.2) is 48.8 Å². The maximum absolute atomic E-state index is 12.0. The van der Waals surface area contributed by atoms with Crippen LogP contribution in [-0.4, -0.2) is 47.6 Å². The largest absolute Gasteiger partial charge is 0.376 e. The molecule has 2 aromatic rings. The molecule has 3 rings (SSSR count). The Bertz CT molecular complexity index is 647. The number of hydrogen-bond donors (Lipinski definition) is 2. The van der Waals surface area contributed by atoms with Gasteiger partial charge in [-0.05, 0) is 24.6 Å². The van der Waals surface area contributed by atoms with Gasteiger partial charge in [0.1, 0.15) is 0 Å². The van der Waals surface area contributed by atoms with Crippen LogP contribution in [0.25, 0.3) is 0 Å². The minimum Gasteiger partial charge on any atom is -0.376 e. The summed E-state index contributed by atoms with van der Waals surface area (Å²) in [5.41, 5.74) is 0.646. The Morgan fingerprint density at radius 3 is 2.48 bits per heavy atom. The van der Waals surface area contributed by atoms with Crippen LogP contribution in [-0.2, 0) is 4.74 Å². The van der Waals surface area contributed by atoms with Gasteiger partial charge in [-0.3, -0.25) is 9.59 Å². The van der Waals surface area contributed by atoms with Crippen molar-refractivity contribution >= 4 is 11.8 Å². The lowest BCUT2D eigenvalue weighted by Crippen LogP contribution is -2.33. The molecule has 1 aromatic carbocycles. The third-order valence-electron chi connectivity index (χ3n) is 4.01. The summed E-state index contributed by atoms with van der Waals surface area (Å²) in [5.74, 6) is -0.0154. The number of carbonyl (C=O) groups excluding carboxylic acids is 2. The summed E-state index contributed by atoms with van der Waals surface area (Å²) in [6, 6.07) is 10.8. The molecule has 2 N–H and O–H groups in total. The van der Waals surface area contributed by atoms with E-state index in [-0.39, 0.29) is 29.7 Å². The molecule has 2 heterocycles. The SMILES string of the molecule is O=C(NC[C@@H]1CO[C@H](CNC(=O)c2ncccn2)C1)c1ccccc1. The molecule has 25 heavy (non-hydrogen) atoms. The van der Waals surface area contributed by atoms with Crippen molar-refractivity contribution in [3.05, 3.63) is 60.2 Å². The fourth-order valence-corrected chi connectivity index (χ4v) is 2.70. The predicted molar refractivity (Wildman–Crippen MR) is 91.0 cm³/mol. The maximum atomic E-state index is 12.0. The van der Waals surface area contributed by atoms with Crippen molar-refractivity contribution in [3.8, 4) is 0 Å². The van der Waals surface area contributed by atoms with Crippen LogP contribution in [0.4, 0.5) is 0 Å². The zero-order valence-electron chi connectivity index (χ0n) is 13.7. The van der Waals surface area contributed by atoms with Gasteiger partial charge in [0.05, 0.1) is 12.7 Å². The number of rotatable bonds is 6. The molecule has 0 spiro atoms. The van der Waals surface area contributed by atoms with E-state index in [1.807, 2.05) is 18.2 Å². The van der Waals surface area contributed by atoms with Crippen molar-refractivity contribution < 1.29 is 14.3 Å². The number of nitrogens with one attached hydrogen (secondary N) is 2. The minimum atomic E-state index is -0.315. The van der Waals surface area contributed by atoms with Crippen molar-refractivity contribution in [2.24, 2.45) is 5.92 Å². The topological polar surface area (TPSA) is 93.2 Å². The summed E-state index contributed by atoms with van der Waals surface area (Å²) in [5, 5.41) is 5.70. The number of nitrogens with zero attached hydrogens (tertiary/aromatic N) is 2. The van der Waals surface area contributed by atoms with Gasteiger partial charge in [0.2, 0.25) is 5.82 Å². The quantitative estimate of drug-likeness (QED) is 0.820. The standard InChI is InChI=1S/C18H20N4O3/c23-17(14-5-2-1-3-6-14)21-10-13-9-15(25-12-13)11-22-18(24)16-19-7-4-8-20-16/h1-8,13,15H,9-12H2,(H,21,23)(H,22,24)/t13-,15+/m1/s1. The molecule has 0 radical (unpaired) electrons. The van der Waals surface area contributed by atoms with Gasteiger partial charge in [0.25, 0.3) is 11.8 Å². The van der Waals surface area contributed by atoms with Crippen LogP contribution in [0.5, 0.6) is 0 Å². The van der Waals surface area contributed by atoms with Crippen LogP contribution in [0.1, 0.15) is 27.4 Å².